The molecule has 0 bridgehead atoms. The number of carbonyl (C=O) groups excluding carboxylic acids is 2. The molecule has 4 rings (SSSR count). The predicted octanol–water partition coefficient (Wildman–Crippen LogP) is 2.72. The van der Waals surface area contributed by atoms with Crippen LogP contribution in [0.15, 0.2) is 42.5 Å². The monoisotopic (exact) mass is 379 g/mol. The molecule has 1 heterocycles. The van der Waals surface area contributed by atoms with Gasteiger partial charge in [-0.15, -0.1) is 0 Å². The Morgan fingerprint density at radius 1 is 0.964 bits per heavy atom. The molecule has 6 heteroatoms. The quantitative estimate of drug-likeness (QED) is 0.514. The molecule has 0 aliphatic heterocycles. The standard InChI is InChI=1S/C22H25N3O3/c26-16-8-5-15(6-9-16)21(27)23-11-12-24-22(28)20-13-18-17-4-2-1-3-14(17)7-10-19(18)25-20/h1-4,7,10,13,15-16,25-26H,5-6,8-9,11-12H2,(H,23,27)(H,24,28). The van der Waals surface area contributed by atoms with E-state index in [4.69, 9.17) is 0 Å². The normalized spacial score (nSPS) is 19.6. The van der Waals surface area contributed by atoms with Crippen LogP contribution in [0.2, 0.25) is 0 Å². The molecule has 0 saturated heterocycles. The molecule has 2 amide bonds. The summed E-state index contributed by atoms with van der Waals surface area (Å²) in [7, 11) is 0. The van der Waals surface area contributed by atoms with E-state index in [0.717, 1.165) is 34.5 Å². The van der Waals surface area contributed by atoms with Gasteiger partial charge in [0.05, 0.1) is 6.10 Å². The number of nitrogens with one attached hydrogen (secondary N) is 3. The van der Waals surface area contributed by atoms with Gasteiger partial charge in [0.1, 0.15) is 5.69 Å². The number of H-pyrrole nitrogens is 1. The SMILES string of the molecule is O=C(NCCNC(=O)C1CCC(O)CC1)c1cc2c(ccc3ccccc32)[nH]1. The van der Waals surface area contributed by atoms with Crippen molar-refractivity contribution >= 4 is 33.5 Å². The van der Waals surface area contributed by atoms with E-state index in [1.807, 2.05) is 36.4 Å². The number of aromatic nitrogens is 1. The first-order chi connectivity index (χ1) is 13.6. The van der Waals surface area contributed by atoms with Crippen LogP contribution in [0.1, 0.15) is 36.2 Å². The van der Waals surface area contributed by atoms with E-state index < -0.39 is 0 Å². The van der Waals surface area contributed by atoms with Gasteiger partial charge in [-0.25, -0.2) is 0 Å². The molecule has 4 N–H and O–H groups in total. The molecular formula is C22H25N3O3. The van der Waals surface area contributed by atoms with Crippen molar-refractivity contribution < 1.29 is 14.7 Å². The number of aliphatic hydroxyl groups is 1. The summed E-state index contributed by atoms with van der Waals surface area (Å²) < 4.78 is 0. The van der Waals surface area contributed by atoms with E-state index in [1.54, 1.807) is 0 Å². The average molecular weight is 379 g/mol. The second kappa shape index (κ2) is 8.02. The van der Waals surface area contributed by atoms with Gasteiger partial charge in [-0.05, 0) is 48.6 Å². The molecule has 3 aromatic rings. The highest BCUT2D eigenvalue weighted by molar-refractivity contribution is 6.09. The molecule has 146 valence electrons. The van der Waals surface area contributed by atoms with Gasteiger partial charge >= 0.3 is 0 Å². The lowest BCUT2D eigenvalue weighted by atomic mass is 9.87. The van der Waals surface area contributed by atoms with Crippen molar-refractivity contribution in [3.63, 3.8) is 0 Å². The number of benzene rings is 2. The summed E-state index contributed by atoms with van der Waals surface area (Å²) in [4.78, 5) is 27.8. The molecule has 2 aromatic carbocycles. The molecule has 1 fully saturated rings. The zero-order valence-electron chi connectivity index (χ0n) is 15.7. The number of rotatable bonds is 5. The molecule has 1 aliphatic carbocycles. The van der Waals surface area contributed by atoms with Gasteiger partial charge in [0.25, 0.3) is 5.91 Å². The second-order valence-electron chi connectivity index (χ2n) is 7.48. The van der Waals surface area contributed by atoms with Gasteiger partial charge in [-0.3, -0.25) is 9.59 Å². The summed E-state index contributed by atoms with van der Waals surface area (Å²) in [5.74, 6) is -0.199. The summed E-state index contributed by atoms with van der Waals surface area (Å²) in [6.07, 6.45) is 2.55. The van der Waals surface area contributed by atoms with Crippen molar-refractivity contribution in [3.8, 4) is 0 Å². The zero-order chi connectivity index (χ0) is 19.5. The van der Waals surface area contributed by atoms with Crippen molar-refractivity contribution in [1.82, 2.24) is 15.6 Å². The highest BCUT2D eigenvalue weighted by Crippen LogP contribution is 2.26. The van der Waals surface area contributed by atoms with Gasteiger partial charge in [0.2, 0.25) is 5.91 Å². The van der Waals surface area contributed by atoms with E-state index >= 15 is 0 Å². The van der Waals surface area contributed by atoms with Crippen molar-refractivity contribution in [2.24, 2.45) is 5.92 Å². The summed E-state index contributed by atoms with van der Waals surface area (Å²) in [6.45, 7) is 0.767. The second-order valence-corrected chi connectivity index (χ2v) is 7.48. The first-order valence-corrected chi connectivity index (χ1v) is 9.86. The van der Waals surface area contributed by atoms with Crippen LogP contribution in [-0.2, 0) is 4.79 Å². The molecule has 1 aromatic heterocycles. The van der Waals surface area contributed by atoms with Crippen molar-refractivity contribution in [1.29, 1.82) is 0 Å². The molecule has 0 unspecified atom stereocenters. The van der Waals surface area contributed by atoms with E-state index in [2.05, 4.69) is 21.7 Å². The Labute approximate surface area is 163 Å². The number of carbonyl (C=O) groups is 2. The fourth-order valence-corrected chi connectivity index (χ4v) is 3.95. The average Bonchev–Trinajstić information content (AvgIpc) is 3.16. The lowest BCUT2D eigenvalue weighted by Crippen LogP contribution is -2.39. The van der Waals surface area contributed by atoms with Crippen LogP contribution in [0, 0.1) is 5.92 Å². The first kappa shape index (κ1) is 18.5. The Hall–Kier alpha value is -2.86. The molecule has 28 heavy (non-hydrogen) atoms. The largest absolute Gasteiger partial charge is 0.393 e. The third-order valence-electron chi connectivity index (χ3n) is 5.55. The van der Waals surface area contributed by atoms with Crippen molar-refractivity contribution in [2.45, 2.75) is 31.8 Å². The maximum absolute atomic E-state index is 12.4. The molecule has 0 atom stereocenters. The number of hydrogen-bond donors (Lipinski definition) is 4. The van der Waals surface area contributed by atoms with Crippen molar-refractivity contribution in [3.05, 3.63) is 48.2 Å². The van der Waals surface area contributed by atoms with E-state index in [0.29, 0.717) is 31.6 Å². The molecule has 0 spiro atoms. The molecule has 6 nitrogen and oxygen atoms in total. The zero-order valence-corrected chi connectivity index (χ0v) is 15.7. The maximum Gasteiger partial charge on any atom is 0.267 e. The Morgan fingerprint density at radius 2 is 1.71 bits per heavy atom. The van der Waals surface area contributed by atoms with Gasteiger partial charge in [-0.2, -0.15) is 0 Å². The number of hydrogen-bond acceptors (Lipinski definition) is 3. The molecule has 1 aliphatic rings. The molecule has 1 saturated carbocycles. The topological polar surface area (TPSA) is 94.2 Å². The van der Waals surface area contributed by atoms with E-state index in [9.17, 15) is 14.7 Å². The predicted molar refractivity (Wildman–Crippen MR) is 109 cm³/mol. The summed E-state index contributed by atoms with van der Waals surface area (Å²) >= 11 is 0. The van der Waals surface area contributed by atoms with Crippen LogP contribution in [0.25, 0.3) is 21.7 Å². The summed E-state index contributed by atoms with van der Waals surface area (Å²) in [5.41, 5.74) is 1.44. The van der Waals surface area contributed by atoms with Crippen LogP contribution in [0.5, 0.6) is 0 Å². The van der Waals surface area contributed by atoms with Crippen LogP contribution >= 0.6 is 0 Å². The minimum atomic E-state index is -0.267. The Bertz CT molecular complexity index is 1000. The van der Waals surface area contributed by atoms with E-state index in [1.165, 1.54) is 0 Å². The third-order valence-corrected chi connectivity index (χ3v) is 5.55. The van der Waals surface area contributed by atoms with Gasteiger partial charge in [0.15, 0.2) is 0 Å². The fourth-order valence-electron chi connectivity index (χ4n) is 3.95. The maximum atomic E-state index is 12.4. The minimum absolute atomic E-state index is 0.0123. The molecular weight excluding hydrogens is 354 g/mol. The number of aliphatic hydroxyl groups excluding tert-OH is 1. The number of fused-ring (bicyclic) bond motifs is 3. The van der Waals surface area contributed by atoms with Crippen LogP contribution in [0.3, 0.4) is 0 Å². The number of amides is 2. The first-order valence-electron chi connectivity index (χ1n) is 9.86. The van der Waals surface area contributed by atoms with Crippen LogP contribution in [-0.4, -0.2) is 41.1 Å². The van der Waals surface area contributed by atoms with Gasteiger partial charge in [-0.1, -0.05) is 30.3 Å². The lowest BCUT2D eigenvalue weighted by Gasteiger charge is -2.24. The Kier molecular flexibility index (Phi) is 5.30. The lowest BCUT2D eigenvalue weighted by molar-refractivity contribution is -0.126. The molecule has 0 radical (unpaired) electrons. The number of aromatic amines is 1. The summed E-state index contributed by atoms with van der Waals surface area (Å²) in [5, 5.41) is 18.5. The van der Waals surface area contributed by atoms with Crippen LogP contribution < -0.4 is 10.6 Å². The minimum Gasteiger partial charge on any atom is -0.393 e. The summed E-state index contributed by atoms with van der Waals surface area (Å²) in [6, 6.07) is 14.0. The van der Waals surface area contributed by atoms with Gasteiger partial charge < -0.3 is 20.7 Å². The van der Waals surface area contributed by atoms with Gasteiger partial charge in [0, 0.05) is 29.9 Å². The Balaban J connectivity index is 1.31. The highest BCUT2D eigenvalue weighted by Gasteiger charge is 2.24. The Morgan fingerprint density at radius 3 is 2.54 bits per heavy atom. The fraction of sp³-hybridized carbons (Fsp3) is 0.364. The highest BCUT2D eigenvalue weighted by atomic mass is 16.3. The smallest absolute Gasteiger partial charge is 0.267 e. The van der Waals surface area contributed by atoms with Crippen molar-refractivity contribution in [2.75, 3.05) is 13.1 Å². The van der Waals surface area contributed by atoms with Crippen LogP contribution in [0.4, 0.5) is 0 Å². The third kappa shape index (κ3) is 3.87. The van der Waals surface area contributed by atoms with E-state index in [-0.39, 0.29) is 23.8 Å².